The summed E-state index contributed by atoms with van der Waals surface area (Å²) >= 11 is 0. The number of aliphatic hydroxyl groups excluding tert-OH is 1. The average molecular weight is 313 g/mol. The van der Waals surface area contributed by atoms with Crippen LogP contribution < -0.4 is 4.72 Å². The maximum atomic E-state index is 13.3. The largest absolute Gasteiger partial charge is 0.480 e. The fourth-order valence-corrected chi connectivity index (χ4v) is 2.74. The molecule has 0 aliphatic carbocycles. The van der Waals surface area contributed by atoms with Crippen molar-refractivity contribution in [3.63, 3.8) is 0 Å². The minimum atomic E-state index is -4.86. The molecule has 1 aromatic rings. The normalized spacial score (nSPS) is 13.2. The van der Waals surface area contributed by atoms with Crippen molar-refractivity contribution < 1.29 is 36.6 Å². The highest BCUT2D eigenvalue weighted by Gasteiger charge is 2.30. The Morgan fingerprint density at radius 3 is 2.15 bits per heavy atom. The number of hydrogen-bond donors (Lipinski definition) is 3. The lowest BCUT2D eigenvalue weighted by atomic mass is 10.2. The molecule has 1 atom stereocenters. The number of aliphatic carboxylic acids is 1. The standard InChI is InChI=1S/C10H10F3NO5S/c11-5-3-6(12)9(7(13)4-5)20(18,19)14-8(1-2-15)10(16)17/h3-4,8,14-15H,1-2H2,(H,16,17)/t8-/m1/s1. The minimum absolute atomic E-state index is 0.152. The van der Waals surface area contributed by atoms with Gasteiger partial charge in [-0.3, -0.25) is 4.79 Å². The molecule has 0 amide bonds. The van der Waals surface area contributed by atoms with Gasteiger partial charge in [-0.1, -0.05) is 0 Å². The summed E-state index contributed by atoms with van der Waals surface area (Å²) in [7, 11) is -4.86. The Kier molecular flexibility index (Phi) is 5.09. The second-order valence-corrected chi connectivity index (χ2v) is 5.37. The summed E-state index contributed by atoms with van der Waals surface area (Å²) in [5, 5.41) is 17.3. The number of nitrogens with one attached hydrogen (secondary N) is 1. The van der Waals surface area contributed by atoms with Crippen molar-refractivity contribution in [2.75, 3.05) is 6.61 Å². The molecular formula is C10H10F3NO5S. The van der Waals surface area contributed by atoms with Crippen molar-refractivity contribution in [1.82, 2.24) is 4.72 Å². The van der Waals surface area contributed by atoms with Gasteiger partial charge in [-0.2, -0.15) is 4.72 Å². The number of rotatable bonds is 6. The van der Waals surface area contributed by atoms with Crippen molar-refractivity contribution in [3.8, 4) is 0 Å². The maximum Gasteiger partial charge on any atom is 0.321 e. The first-order valence-electron chi connectivity index (χ1n) is 5.19. The number of carboxylic acids is 1. The summed E-state index contributed by atoms with van der Waals surface area (Å²) in [5.74, 6) is -6.33. The van der Waals surface area contributed by atoms with Crippen LogP contribution in [0, 0.1) is 17.5 Å². The average Bonchev–Trinajstić information content (AvgIpc) is 2.25. The van der Waals surface area contributed by atoms with Gasteiger partial charge in [-0.05, 0) is 6.42 Å². The molecule has 0 radical (unpaired) electrons. The van der Waals surface area contributed by atoms with E-state index in [-0.39, 0.29) is 12.1 Å². The molecule has 112 valence electrons. The molecule has 0 aliphatic heterocycles. The molecule has 3 N–H and O–H groups in total. The van der Waals surface area contributed by atoms with Gasteiger partial charge in [0.15, 0.2) is 4.90 Å². The van der Waals surface area contributed by atoms with E-state index in [4.69, 9.17) is 10.2 Å². The third-order valence-corrected chi connectivity index (χ3v) is 3.77. The summed E-state index contributed by atoms with van der Waals surface area (Å²) < 4.78 is 64.3. The molecule has 0 aliphatic rings. The Morgan fingerprint density at radius 1 is 1.25 bits per heavy atom. The van der Waals surface area contributed by atoms with Gasteiger partial charge >= 0.3 is 5.97 Å². The number of sulfonamides is 1. The first kappa shape index (κ1) is 16.4. The zero-order valence-electron chi connectivity index (χ0n) is 9.81. The lowest BCUT2D eigenvalue weighted by Gasteiger charge is -2.14. The zero-order valence-corrected chi connectivity index (χ0v) is 10.6. The SMILES string of the molecule is O=C(O)[C@@H](CCO)NS(=O)(=O)c1c(F)cc(F)cc1F. The van der Waals surface area contributed by atoms with E-state index in [0.717, 1.165) is 0 Å². The quantitative estimate of drug-likeness (QED) is 0.697. The number of carboxylic acid groups (broad SMARTS) is 1. The monoisotopic (exact) mass is 313 g/mol. The third-order valence-electron chi connectivity index (χ3n) is 2.25. The van der Waals surface area contributed by atoms with E-state index in [1.54, 1.807) is 0 Å². The first-order valence-corrected chi connectivity index (χ1v) is 6.68. The third kappa shape index (κ3) is 3.68. The van der Waals surface area contributed by atoms with E-state index in [1.807, 2.05) is 0 Å². The van der Waals surface area contributed by atoms with Crippen molar-refractivity contribution in [3.05, 3.63) is 29.6 Å². The molecule has 1 aromatic carbocycles. The summed E-state index contributed by atoms with van der Waals surface area (Å²) in [6.07, 6.45) is -0.501. The fraction of sp³-hybridized carbons (Fsp3) is 0.300. The number of halogens is 3. The second kappa shape index (κ2) is 6.20. The van der Waals surface area contributed by atoms with Crippen LogP contribution in [0.5, 0.6) is 0 Å². The van der Waals surface area contributed by atoms with Gasteiger partial charge in [0, 0.05) is 18.7 Å². The van der Waals surface area contributed by atoms with Gasteiger partial charge in [0.1, 0.15) is 23.5 Å². The van der Waals surface area contributed by atoms with E-state index in [9.17, 15) is 26.4 Å². The van der Waals surface area contributed by atoms with E-state index in [2.05, 4.69) is 0 Å². The van der Waals surface area contributed by atoms with Crippen molar-refractivity contribution in [2.45, 2.75) is 17.4 Å². The molecule has 0 aromatic heterocycles. The smallest absolute Gasteiger partial charge is 0.321 e. The van der Waals surface area contributed by atoms with Crippen LogP contribution in [0.2, 0.25) is 0 Å². The molecular weight excluding hydrogens is 303 g/mol. The highest BCUT2D eigenvalue weighted by atomic mass is 32.2. The van der Waals surface area contributed by atoms with Gasteiger partial charge in [0.25, 0.3) is 0 Å². The Labute approximate surface area is 111 Å². The van der Waals surface area contributed by atoms with Crippen molar-refractivity contribution in [2.24, 2.45) is 0 Å². The first-order chi connectivity index (χ1) is 9.19. The molecule has 20 heavy (non-hydrogen) atoms. The Hall–Kier alpha value is -1.65. The van der Waals surface area contributed by atoms with Crippen molar-refractivity contribution >= 4 is 16.0 Å². The van der Waals surface area contributed by atoms with Gasteiger partial charge in [-0.15, -0.1) is 0 Å². The summed E-state index contributed by atoms with van der Waals surface area (Å²) in [6, 6.07) is -1.47. The number of benzene rings is 1. The van der Waals surface area contributed by atoms with E-state index >= 15 is 0 Å². The van der Waals surface area contributed by atoms with E-state index in [0.29, 0.717) is 0 Å². The molecule has 1 rings (SSSR count). The van der Waals surface area contributed by atoms with Crippen molar-refractivity contribution in [1.29, 1.82) is 0 Å². The highest BCUT2D eigenvalue weighted by molar-refractivity contribution is 7.89. The molecule has 0 saturated heterocycles. The molecule has 0 heterocycles. The van der Waals surface area contributed by atoms with Crippen LogP contribution >= 0.6 is 0 Å². The van der Waals surface area contributed by atoms with Crippen LogP contribution in [0.1, 0.15) is 6.42 Å². The van der Waals surface area contributed by atoms with Crippen LogP contribution in [0.3, 0.4) is 0 Å². The molecule has 0 fully saturated rings. The van der Waals surface area contributed by atoms with Gasteiger partial charge in [-0.25, -0.2) is 21.6 Å². The summed E-state index contributed by atoms with van der Waals surface area (Å²) in [6.45, 7) is -0.659. The molecule has 0 bridgehead atoms. The van der Waals surface area contributed by atoms with Crippen LogP contribution in [0.4, 0.5) is 13.2 Å². The van der Waals surface area contributed by atoms with Crippen LogP contribution in [0.15, 0.2) is 17.0 Å². The topological polar surface area (TPSA) is 104 Å². The second-order valence-electron chi connectivity index (χ2n) is 3.72. The fourth-order valence-electron chi connectivity index (χ4n) is 1.39. The lowest BCUT2D eigenvalue weighted by Crippen LogP contribution is -2.41. The molecule has 0 saturated carbocycles. The van der Waals surface area contributed by atoms with E-state index in [1.165, 1.54) is 4.72 Å². The Balaban J connectivity index is 3.20. The van der Waals surface area contributed by atoms with Crippen LogP contribution in [0.25, 0.3) is 0 Å². The number of carbonyl (C=O) groups is 1. The summed E-state index contributed by atoms with van der Waals surface area (Å²) in [5.41, 5.74) is 0. The Bertz CT molecular complexity index is 596. The maximum absolute atomic E-state index is 13.3. The summed E-state index contributed by atoms with van der Waals surface area (Å²) in [4.78, 5) is 9.25. The minimum Gasteiger partial charge on any atom is -0.480 e. The number of aliphatic hydroxyl groups is 1. The van der Waals surface area contributed by atoms with Gasteiger partial charge in [0.05, 0.1) is 0 Å². The Morgan fingerprint density at radius 2 is 1.75 bits per heavy atom. The van der Waals surface area contributed by atoms with Crippen LogP contribution in [-0.4, -0.2) is 37.2 Å². The van der Waals surface area contributed by atoms with E-state index < -0.39 is 57.4 Å². The van der Waals surface area contributed by atoms with Gasteiger partial charge in [0.2, 0.25) is 10.0 Å². The number of hydrogen-bond acceptors (Lipinski definition) is 4. The highest BCUT2D eigenvalue weighted by Crippen LogP contribution is 2.20. The predicted octanol–water partition coefficient (Wildman–Crippen LogP) is 0.218. The predicted molar refractivity (Wildman–Crippen MR) is 59.8 cm³/mol. The molecule has 0 unspecified atom stereocenters. The molecule has 0 spiro atoms. The van der Waals surface area contributed by atoms with Gasteiger partial charge < -0.3 is 10.2 Å². The lowest BCUT2D eigenvalue weighted by molar-refractivity contribution is -0.139. The molecule has 6 nitrogen and oxygen atoms in total. The zero-order chi connectivity index (χ0) is 15.5. The molecule has 10 heteroatoms. The van der Waals surface area contributed by atoms with Crippen LogP contribution in [-0.2, 0) is 14.8 Å².